The monoisotopic (exact) mass is 306 g/mol. The fourth-order valence-corrected chi connectivity index (χ4v) is 3.30. The van der Waals surface area contributed by atoms with Gasteiger partial charge >= 0.3 is 7.60 Å². The molecular formula is C11H16BrO3P. The van der Waals surface area contributed by atoms with Gasteiger partial charge in [0.15, 0.2) is 0 Å². The van der Waals surface area contributed by atoms with Gasteiger partial charge in [-0.1, -0.05) is 28.1 Å². The van der Waals surface area contributed by atoms with Crippen molar-refractivity contribution in [2.24, 2.45) is 0 Å². The molecule has 0 aromatic heterocycles. The first-order chi connectivity index (χ1) is 7.59. The lowest BCUT2D eigenvalue weighted by Gasteiger charge is -2.16. The molecule has 90 valence electrons. The molecule has 0 radical (unpaired) electrons. The summed E-state index contributed by atoms with van der Waals surface area (Å²) in [5.74, 6) is 0. The lowest BCUT2D eigenvalue weighted by atomic mass is 10.2. The van der Waals surface area contributed by atoms with Gasteiger partial charge in [-0.25, -0.2) is 0 Å². The van der Waals surface area contributed by atoms with Gasteiger partial charge in [-0.2, -0.15) is 0 Å². The third-order valence-corrected chi connectivity index (χ3v) is 4.53. The van der Waals surface area contributed by atoms with Crippen molar-refractivity contribution < 1.29 is 13.6 Å². The van der Waals surface area contributed by atoms with Gasteiger partial charge < -0.3 is 9.05 Å². The highest BCUT2D eigenvalue weighted by atomic mass is 79.9. The van der Waals surface area contributed by atoms with Crippen LogP contribution in [0.15, 0.2) is 28.7 Å². The fraction of sp³-hybridized carbons (Fsp3) is 0.455. The van der Waals surface area contributed by atoms with Crippen molar-refractivity contribution in [3.63, 3.8) is 0 Å². The Hall–Kier alpha value is -0.150. The van der Waals surface area contributed by atoms with Crippen molar-refractivity contribution in [3.8, 4) is 0 Å². The van der Waals surface area contributed by atoms with Crippen molar-refractivity contribution in [1.82, 2.24) is 0 Å². The van der Waals surface area contributed by atoms with E-state index in [9.17, 15) is 4.57 Å². The Labute approximate surface area is 105 Å². The molecule has 0 unspecified atom stereocenters. The van der Waals surface area contributed by atoms with Crippen molar-refractivity contribution in [2.45, 2.75) is 20.0 Å². The van der Waals surface area contributed by atoms with Gasteiger partial charge in [-0.05, 0) is 31.5 Å². The fourth-order valence-electron chi connectivity index (χ4n) is 1.34. The Balaban J connectivity index is 2.75. The number of halogens is 1. The summed E-state index contributed by atoms with van der Waals surface area (Å²) < 4.78 is 23.7. The molecule has 5 heteroatoms. The summed E-state index contributed by atoms with van der Waals surface area (Å²) in [5.41, 5.74) is 0.952. The van der Waals surface area contributed by atoms with Crippen molar-refractivity contribution in [1.29, 1.82) is 0 Å². The number of benzene rings is 1. The maximum absolute atomic E-state index is 12.2. The van der Waals surface area contributed by atoms with Crippen LogP contribution in [0.25, 0.3) is 0 Å². The van der Waals surface area contributed by atoms with Crippen LogP contribution in [0.2, 0.25) is 0 Å². The molecule has 0 atom stereocenters. The molecule has 3 nitrogen and oxygen atoms in total. The Morgan fingerprint density at radius 2 is 1.62 bits per heavy atom. The van der Waals surface area contributed by atoms with E-state index in [1.165, 1.54) is 0 Å². The molecule has 0 fully saturated rings. The molecule has 0 bridgehead atoms. The maximum Gasteiger partial charge on any atom is 0.335 e. The molecule has 0 N–H and O–H groups in total. The van der Waals surface area contributed by atoms with Crippen LogP contribution in [0.1, 0.15) is 19.4 Å². The summed E-state index contributed by atoms with van der Waals surface area (Å²) in [6, 6.07) is 7.65. The van der Waals surface area contributed by atoms with Gasteiger partial charge in [0.2, 0.25) is 0 Å². The second kappa shape index (κ2) is 6.55. The molecule has 0 amide bonds. The summed E-state index contributed by atoms with van der Waals surface area (Å²) in [6.45, 7) is 4.42. The standard InChI is InChI=1S/C11H16BrO3P/c1-3-14-16(13,15-4-2)9-10-5-7-11(12)8-6-10/h5-8H,3-4,9H2,1-2H3. The Morgan fingerprint density at radius 3 is 2.06 bits per heavy atom. The van der Waals surface area contributed by atoms with Gasteiger partial charge in [0.05, 0.1) is 19.4 Å². The minimum absolute atomic E-state index is 0.321. The van der Waals surface area contributed by atoms with Crippen LogP contribution >= 0.6 is 23.5 Å². The molecule has 1 rings (SSSR count). The first-order valence-corrected chi connectivity index (χ1v) is 7.74. The first-order valence-electron chi connectivity index (χ1n) is 5.22. The Morgan fingerprint density at radius 1 is 1.12 bits per heavy atom. The van der Waals surface area contributed by atoms with Crippen LogP contribution in [0.4, 0.5) is 0 Å². The second-order valence-corrected chi connectivity index (χ2v) is 6.20. The zero-order valence-electron chi connectivity index (χ0n) is 9.48. The van der Waals surface area contributed by atoms with Crippen LogP contribution in [0, 0.1) is 0 Å². The molecule has 0 saturated carbocycles. The smallest absolute Gasteiger partial charge is 0.309 e. The van der Waals surface area contributed by atoms with E-state index in [0.717, 1.165) is 10.0 Å². The third kappa shape index (κ3) is 4.38. The molecular weight excluding hydrogens is 291 g/mol. The average Bonchev–Trinajstić information content (AvgIpc) is 2.22. The van der Waals surface area contributed by atoms with Gasteiger partial charge in [-0.15, -0.1) is 0 Å². The average molecular weight is 307 g/mol. The molecule has 1 aromatic rings. The van der Waals surface area contributed by atoms with E-state index < -0.39 is 7.60 Å². The Bertz CT molecular complexity index is 354. The van der Waals surface area contributed by atoms with Crippen molar-refractivity contribution >= 4 is 23.5 Å². The van der Waals surface area contributed by atoms with E-state index in [4.69, 9.17) is 9.05 Å². The molecule has 0 aliphatic rings. The number of rotatable bonds is 6. The summed E-state index contributed by atoms with van der Waals surface area (Å²) >= 11 is 3.36. The first kappa shape index (κ1) is 13.9. The third-order valence-electron chi connectivity index (χ3n) is 1.94. The highest BCUT2D eigenvalue weighted by molar-refractivity contribution is 9.10. The number of hydrogen-bond donors (Lipinski definition) is 0. The van der Waals surface area contributed by atoms with E-state index in [1.807, 2.05) is 38.1 Å². The molecule has 0 heterocycles. The van der Waals surface area contributed by atoms with Crippen LogP contribution in [-0.4, -0.2) is 13.2 Å². The zero-order valence-corrected chi connectivity index (χ0v) is 12.0. The highest BCUT2D eigenvalue weighted by Crippen LogP contribution is 2.51. The Kier molecular flexibility index (Phi) is 5.70. The van der Waals surface area contributed by atoms with Gasteiger partial charge in [0.1, 0.15) is 0 Å². The predicted octanol–water partition coefficient (Wildman–Crippen LogP) is 4.22. The van der Waals surface area contributed by atoms with Gasteiger partial charge in [-0.3, -0.25) is 4.57 Å². The summed E-state index contributed by atoms with van der Waals surface area (Å²) in [6.07, 6.45) is 0.321. The maximum atomic E-state index is 12.2. The molecule has 0 spiro atoms. The minimum atomic E-state index is -2.97. The van der Waals surface area contributed by atoms with Crippen molar-refractivity contribution in [2.75, 3.05) is 13.2 Å². The molecule has 0 aliphatic heterocycles. The molecule has 0 saturated heterocycles. The largest absolute Gasteiger partial charge is 0.335 e. The second-order valence-electron chi connectivity index (χ2n) is 3.23. The predicted molar refractivity (Wildman–Crippen MR) is 68.7 cm³/mol. The lowest BCUT2D eigenvalue weighted by Crippen LogP contribution is -1.98. The summed E-state index contributed by atoms with van der Waals surface area (Å²) in [7, 11) is -2.97. The quantitative estimate of drug-likeness (QED) is 0.738. The van der Waals surface area contributed by atoms with Crippen LogP contribution in [0.5, 0.6) is 0 Å². The highest BCUT2D eigenvalue weighted by Gasteiger charge is 2.23. The summed E-state index contributed by atoms with van der Waals surface area (Å²) in [5, 5.41) is 0. The van der Waals surface area contributed by atoms with E-state index >= 15 is 0 Å². The van der Waals surface area contributed by atoms with E-state index in [2.05, 4.69) is 15.9 Å². The van der Waals surface area contributed by atoms with Gasteiger partial charge in [0, 0.05) is 4.47 Å². The zero-order chi connectivity index (χ0) is 12.0. The van der Waals surface area contributed by atoms with E-state index in [1.54, 1.807) is 0 Å². The minimum Gasteiger partial charge on any atom is -0.309 e. The van der Waals surface area contributed by atoms with E-state index in [-0.39, 0.29) is 0 Å². The van der Waals surface area contributed by atoms with E-state index in [0.29, 0.717) is 19.4 Å². The van der Waals surface area contributed by atoms with Gasteiger partial charge in [0.25, 0.3) is 0 Å². The molecule has 1 aromatic carbocycles. The SMILES string of the molecule is CCOP(=O)(Cc1ccc(Br)cc1)OCC. The van der Waals surface area contributed by atoms with Crippen LogP contribution in [0.3, 0.4) is 0 Å². The summed E-state index contributed by atoms with van der Waals surface area (Å²) in [4.78, 5) is 0. The lowest BCUT2D eigenvalue weighted by molar-refractivity contribution is 0.219. The normalized spacial score (nSPS) is 11.7. The molecule has 16 heavy (non-hydrogen) atoms. The number of hydrogen-bond acceptors (Lipinski definition) is 3. The van der Waals surface area contributed by atoms with Crippen molar-refractivity contribution in [3.05, 3.63) is 34.3 Å². The van der Waals surface area contributed by atoms with Crippen LogP contribution < -0.4 is 0 Å². The van der Waals surface area contributed by atoms with Crippen LogP contribution in [-0.2, 0) is 19.8 Å². The topological polar surface area (TPSA) is 35.5 Å². The molecule has 0 aliphatic carbocycles.